The predicted molar refractivity (Wildman–Crippen MR) is 65.9 cm³/mol. The van der Waals surface area contributed by atoms with E-state index in [1.165, 1.54) is 16.3 Å². The lowest BCUT2D eigenvalue weighted by Gasteiger charge is -2.07. The lowest BCUT2D eigenvalue weighted by atomic mass is 10.1. The van der Waals surface area contributed by atoms with Crippen molar-refractivity contribution in [1.82, 2.24) is 5.32 Å². The molecule has 0 saturated heterocycles. The van der Waals surface area contributed by atoms with Crippen LogP contribution in [-0.4, -0.2) is 6.04 Å². The van der Waals surface area contributed by atoms with Gasteiger partial charge in [0.15, 0.2) is 0 Å². The highest BCUT2D eigenvalue weighted by atomic mass is 14.9. The van der Waals surface area contributed by atoms with E-state index in [0.717, 1.165) is 6.54 Å². The van der Waals surface area contributed by atoms with Gasteiger partial charge in [0.25, 0.3) is 0 Å². The first kappa shape index (κ1) is 10.7. The average Bonchev–Trinajstić information content (AvgIpc) is 2.35. The Morgan fingerprint density at radius 1 is 1.19 bits per heavy atom. The molecular formula is C14H14N2. The standard InChI is InChI=1S/C14H14N2/c1-11(9-15)16-10-12-6-7-13-4-2-3-5-14(13)8-12/h2-8,11,16H,10H2,1H3. The molecule has 16 heavy (non-hydrogen) atoms. The number of nitrogens with one attached hydrogen (secondary N) is 1. The molecule has 0 radical (unpaired) electrons. The van der Waals surface area contributed by atoms with E-state index in [2.05, 4.69) is 41.7 Å². The van der Waals surface area contributed by atoms with Gasteiger partial charge in [0, 0.05) is 6.54 Å². The van der Waals surface area contributed by atoms with Crippen molar-refractivity contribution >= 4 is 10.8 Å². The fourth-order valence-corrected chi connectivity index (χ4v) is 1.67. The molecule has 1 atom stereocenters. The highest BCUT2D eigenvalue weighted by Gasteiger charge is 1.99. The third-order valence-electron chi connectivity index (χ3n) is 2.62. The lowest BCUT2D eigenvalue weighted by Crippen LogP contribution is -2.23. The van der Waals surface area contributed by atoms with Gasteiger partial charge in [0.1, 0.15) is 0 Å². The van der Waals surface area contributed by atoms with E-state index < -0.39 is 0 Å². The van der Waals surface area contributed by atoms with Gasteiger partial charge in [-0.2, -0.15) is 5.26 Å². The van der Waals surface area contributed by atoms with Crippen LogP contribution in [0.3, 0.4) is 0 Å². The number of nitrogens with zero attached hydrogens (tertiary/aromatic N) is 1. The van der Waals surface area contributed by atoms with Gasteiger partial charge in [-0.15, -0.1) is 0 Å². The Kier molecular flexibility index (Phi) is 3.19. The minimum absolute atomic E-state index is 0.105. The zero-order valence-electron chi connectivity index (χ0n) is 9.27. The summed E-state index contributed by atoms with van der Waals surface area (Å²) in [4.78, 5) is 0. The fraction of sp³-hybridized carbons (Fsp3) is 0.214. The summed E-state index contributed by atoms with van der Waals surface area (Å²) < 4.78 is 0. The van der Waals surface area contributed by atoms with Gasteiger partial charge in [-0.25, -0.2) is 0 Å². The van der Waals surface area contributed by atoms with Crippen LogP contribution in [-0.2, 0) is 6.54 Å². The molecule has 2 rings (SSSR count). The minimum Gasteiger partial charge on any atom is -0.298 e. The van der Waals surface area contributed by atoms with Crippen molar-refractivity contribution in [3.05, 3.63) is 48.0 Å². The molecule has 2 nitrogen and oxygen atoms in total. The Morgan fingerprint density at radius 3 is 2.69 bits per heavy atom. The Morgan fingerprint density at radius 2 is 1.94 bits per heavy atom. The largest absolute Gasteiger partial charge is 0.298 e. The summed E-state index contributed by atoms with van der Waals surface area (Å²) in [6.07, 6.45) is 0. The van der Waals surface area contributed by atoms with E-state index in [1.807, 2.05) is 19.1 Å². The molecule has 2 heteroatoms. The van der Waals surface area contributed by atoms with Crippen LogP contribution in [0.25, 0.3) is 10.8 Å². The molecule has 80 valence electrons. The van der Waals surface area contributed by atoms with Crippen LogP contribution >= 0.6 is 0 Å². The van der Waals surface area contributed by atoms with Crippen LogP contribution < -0.4 is 5.32 Å². The van der Waals surface area contributed by atoms with Gasteiger partial charge in [0.2, 0.25) is 0 Å². The van der Waals surface area contributed by atoms with Crippen LogP contribution in [0.1, 0.15) is 12.5 Å². The van der Waals surface area contributed by atoms with Crippen molar-refractivity contribution in [2.24, 2.45) is 0 Å². The number of hydrogen-bond donors (Lipinski definition) is 1. The molecule has 2 aromatic rings. The molecule has 1 unspecified atom stereocenters. The smallest absolute Gasteiger partial charge is 0.0927 e. The van der Waals surface area contributed by atoms with E-state index in [1.54, 1.807) is 0 Å². The number of hydrogen-bond acceptors (Lipinski definition) is 2. The van der Waals surface area contributed by atoms with Crippen LogP contribution in [0.15, 0.2) is 42.5 Å². The second-order valence-corrected chi connectivity index (χ2v) is 3.91. The summed E-state index contributed by atoms with van der Waals surface area (Å²) in [5.74, 6) is 0. The molecule has 0 amide bonds. The molecule has 0 aliphatic carbocycles. The maximum atomic E-state index is 8.67. The average molecular weight is 210 g/mol. The third kappa shape index (κ3) is 2.39. The highest BCUT2D eigenvalue weighted by Crippen LogP contribution is 2.15. The molecule has 2 aromatic carbocycles. The third-order valence-corrected chi connectivity index (χ3v) is 2.62. The molecule has 0 heterocycles. The molecule has 0 saturated carbocycles. The number of rotatable bonds is 3. The topological polar surface area (TPSA) is 35.8 Å². The van der Waals surface area contributed by atoms with Crippen LogP contribution in [0.5, 0.6) is 0 Å². The quantitative estimate of drug-likeness (QED) is 0.845. The van der Waals surface area contributed by atoms with E-state index in [-0.39, 0.29) is 6.04 Å². The second-order valence-electron chi connectivity index (χ2n) is 3.91. The van der Waals surface area contributed by atoms with Gasteiger partial charge in [-0.1, -0.05) is 36.4 Å². The Hall–Kier alpha value is -1.85. The van der Waals surface area contributed by atoms with E-state index in [0.29, 0.717) is 0 Å². The van der Waals surface area contributed by atoms with E-state index >= 15 is 0 Å². The van der Waals surface area contributed by atoms with Crippen LogP contribution in [0, 0.1) is 11.3 Å². The summed E-state index contributed by atoms with van der Waals surface area (Å²) in [6.45, 7) is 2.60. The molecular weight excluding hydrogens is 196 g/mol. The maximum absolute atomic E-state index is 8.67. The zero-order chi connectivity index (χ0) is 11.4. The molecule has 0 aliphatic heterocycles. The van der Waals surface area contributed by atoms with Gasteiger partial charge in [0.05, 0.1) is 12.1 Å². The van der Waals surface area contributed by atoms with Crippen molar-refractivity contribution in [2.75, 3.05) is 0 Å². The van der Waals surface area contributed by atoms with Gasteiger partial charge >= 0.3 is 0 Å². The molecule has 0 bridgehead atoms. The van der Waals surface area contributed by atoms with Crippen molar-refractivity contribution in [1.29, 1.82) is 5.26 Å². The maximum Gasteiger partial charge on any atom is 0.0927 e. The molecule has 0 aromatic heterocycles. The Balaban J connectivity index is 2.17. The normalized spacial score (nSPS) is 12.2. The Bertz CT molecular complexity index is 525. The first-order chi connectivity index (χ1) is 7.79. The summed E-state index contributed by atoms with van der Waals surface area (Å²) >= 11 is 0. The first-order valence-electron chi connectivity index (χ1n) is 5.40. The zero-order valence-corrected chi connectivity index (χ0v) is 9.27. The van der Waals surface area contributed by atoms with Crippen molar-refractivity contribution in [2.45, 2.75) is 19.5 Å². The summed E-state index contributed by atoms with van der Waals surface area (Å²) in [6, 6.07) is 16.7. The molecule has 0 aliphatic rings. The van der Waals surface area contributed by atoms with Crippen LogP contribution in [0.2, 0.25) is 0 Å². The van der Waals surface area contributed by atoms with Gasteiger partial charge in [-0.05, 0) is 29.3 Å². The molecule has 0 spiro atoms. The SMILES string of the molecule is CC(C#N)NCc1ccc2ccccc2c1. The monoisotopic (exact) mass is 210 g/mol. The summed E-state index contributed by atoms with van der Waals surface area (Å²) in [7, 11) is 0. The van der Waals surface area contributed by atoms with E-state index in [4.69, 9.17) is 5.26 Å². The van der Waals surface area contributed by atoms with Crippen molar-refractivity contribution in [3.8, 4) is 6.07 Å². The number of nitriles is 1. The first-order valence-corrected chi connectivity index (χ1v) is 5.40. The van der Waals surface area contributed by atoms with E-state index in [9.17, 15) is 0 Å². The Labute approximate surface area is 95.5 Å². The van der Waals surface area contributed by atoms with Crippen LogP contribution in [0.4, 0.5) is 0 Å². The summed E-state index contributed by atoms with van der Waals surface area (Å²) in [5.41, 5.74) is 1.21. The predicted octanol–water partition coefficient (Wildman–Crippen LogP) is 2.84. The lowest BCUT2D eigenvalue weighted by molar-refractivity contribution is 0.643. The van der Waals surface area contributed by atoms with Gasteiger partial charge in [-0.3, -0.25) is 5.32 Å². The van der Waals surface area contributed by atoms with Crippen molar-refractivity contribution < 1.29 is 0 Å². The molecule has 1 N–H and O–H groups in total. The second kappa shape index (κ2) is 4.78. The number of fused-ring (bicyclic) bond motifs is 1. The minimum atomic E-state index is -0.105. The summed E-state index contributed by atoms with van der Waals surface area (Å²) in [5, 5.41) is 14.3. The molecule has 0 fully saturated rings. The van der Waals surface area contributed by atoms with Crippen molar-refractivity contribution in [3.63, 3.8) is 0 Å². The number of benzene rings is 2. The fourth-order valence-electron chi connectivity index (χ4n) is 1.67. The highest BCUT2D eigenvalue weighted by molar-refractivity contribution is 5.82. The van der Waals surface area contributed by atoms with Gasteiger partial charge < -0.3 is 0 Å².